The van der Waals surface area contributed by atoms with E-state index in [2.05, 4.69) is 33.4 Å². The number of carbonyl (C=O) groups is 1. The van der Waals surface area contributed by atoms with Crippen molar-refractivity contribution < 1.29 is 9.53 Å². The lowest BCUT2D eigenvalue weighted by atomic mass is 10.1. The van der Waals surface area contributed by atoms with E-state index >= 15 is 0 Å². The zero-order valence-corrected chi connectivity index (χ0v) is 16.0. The van der Waals surface area contributed by atoms with Crippen molar-refractivity contribution >= 4 is 38.5 Å². The number of anilines is 2. The summed E-state index contributed by atoms with van der Waals surface area (Å²) < 4.78 is 6.22. The van der Waals surface area contributed by atoms with Gasteiger partial charge < -0.3 is 15.0 Å². The van der Waals surface area contributed by atoms with Crippen molar-refractivity contribution in [3.63, 3.8) is 0 Å². The normalized spacial score (nSPS) is 15.1. The molecule has 1 aromatic carbocycles. The number of piperidine rings is 1. The van der Waals surface area contributed by atoms with Gasteiger partial charge in [0.1, 0.15) is 5.82 Å². The predicted octanol–water partition coefficient (Wildman–Crippen LogP) is 3.95. The fourth-order valence-corrected chi connectivity index (χ4v) is 4.25. The third kappa shape index (κ3) is 4.03. The first kappa shape index (κ1) is 17.7. The second-order valence-corrected chi connectivity index (χ2v) is 7.53. The number of hydrogen-bond acceptors (Lipinski definition) is 7. The number of hydrogen-bond donors (Lipinski definition) is 1. The van der Waals surface area contributed by atoms with Crippen LogP contribution in [0.4, 0.5) is 10.9 Å². The summed E-state index contributed by atoms with van der Waals surface area (Å²) in [6.45, 7) is 4.10. The van der Waals surface area contributed by atoms with Gasteiger partial charge >= 0.3 is 5.97 Å². The van der Waals surface area contributed by atoms with E-state index in [1.807, 2.05) is 12.1 Å². The summed E-state index contributed by atoms with van der Waals surface area (Å²) in [7, 11) is 0. The topological polar surface area (TPSA) is 67.3 Å². The first-order valence-electron chi connectivity index (χ1n) is 9.23. The Balaban J connectivity index is 1.33. The summed E-state index contributed by atoms with van der Waals surface area (Å²) in [6, 6.07) is 12.2. The number of ether oxygens (including phenoxy) is 1. The van der Waals surface area contributed by atoms with E-state index in [1.165, 1.54) is 4.70 Å². The monoisotopic (exact) mass is 382 g/mol. The fraction of sp³-hybridized carbons (Fsp3) is 0.350. The van der Waals surface area contributed by atoms with E-state index in [0.29, 0.717) is 18.2 Å². The fourth-order valence-electron chi connectivity index (χ4n) is 3.23. The van der Waals surface area contributed by atoms with Crippen LogP contribution >= 0.6 is 11.3 Å². The van der Waals surface area contributed by atoms with Crippen molar-refractivity contribution in [2.75, 3.05) is 29.9 Å². The van der Waals surface area contributed by atoms with Gasteiger partial charge in [0.15, 0.2) is 5.13 Å². The molecule has 3 heterocycles. The second-order valence-electron chi connectivity index (χ2n) is 6.52. The van der Waals surface area contributed by atoms with Crippen LogP contribution in [0.25, 0.3) is 10.2 Å². The number of pyridine rings is 1. The Morgan fingerprint density at radius 1 is 1.26 bits per heavy atom. The highest BCUT2D eigenvalue weighted by Gasteiger charge is 2.22. The second kappa shape index (κ2) is 7.92. The van der Waals surface area contributed by atoms with Gasteiger partial charge in [-0.05, 0) is 44.0 Å². The van der Waals surface area contributed by atoms with Gasteiger partial charge in [0.05, 0.1) is 22.4 Å². The van der Waals surface area contributed by atoms with Crippen molar-refractivity contribution in [3.8, 4) is 0 Å². The van der Waals surface area contributed by atoms with E-state index in [-0.39, 0.29) is 5.97 Å². The van der Waals surface area contributed by atoms with E-state index in [4.69, 9.17) is 9.72 Å². The number of rotatable bonds is 5. The number of aromatic nitrogens is 2. The van der Waals surface area contributed by atoms with Crippen LogP contribution < -0.4 is 10.2 Å². The molecule has 2 aromatic heterocycles. The van der Waals surface area contributed by atoms with Crippen LogP contribution in [0.1, 0.15) is 30.1 Å². The van der Waals surface area contributed by atoms with E-state index in [9.17, 15) is 4.79 Å². The summed E-state index contributed by atoms with van der Waals surface area (Å²) in [6.07, 6.45) is 3.62. The van der Waals surface area contributed by atoms with Crippen LogP contribution in [0.15, 0.2) is 42.6 Å². The molecule has 0 spiro atoms. The highest BCUT2D eigenvalue weighted by Crippen LogP contribution is 2.30. The van der Waals surface area contributed by atoms with Crippen molar-refractivity contribution in [3.05, 3.63) is 48.2 Å². The maximum atomic E-state index is 11.7. The molecule has 27 heavy (non-hydrogen) atoms. The molecule has 7 heteroatoms. The van der Waals surface area contributed by atoms with Crippen LogP contribution in [0, 0.1) is 0 Å². The minimum atomic E-state index is -0.333. The minimum Gasteiger partial charge on any atom is -0.462 e. The molecule has 1 fully saturated rings. The smallest absolute Gasteiger partial charge is 0.339 e. The summed E-state index contributed by atoms with van der Waals surface area (Å²) in [4.78, 5) is 23.2. The number of benzene rings is 1. The summed E-state index contributed by atoms with van der Waals surface area (Å²) in [5.41, 5.74) is 1.55. The predicted molar refractivity (Wildman–Crippen MR) is 109 cm³/mol. The number of carbonyl (C=O) groups excluding carboxylic acids is 1. The molecule has 1 aliphatic heterocycles. The number of thiazole rings is 1. The zero-order chi connectivity index (χ0) is 18.6. The molecule has 0 radical (unpaired) electrons. The summed E-state index contributed by atoms with van der Waals surface area (Å²) in [5, 5.41) is 4.57. The standard InChI is InChI=1S/C20H22N4O2S/c1-2-26-19(25)14-7-8-18(21-13-14)22-15-9-11-24(12-10-15)20-23-16-5-3-4-6-17(16)27-20/h3-8,13,15H,2,9-12H2,1H3,(H,21,22). The Morgan fingerprint density at radius 3 is 2.78 bits per heavy atom. The first-order chi connectivity index (χ1) is 13.2. The molecular formula is C20H22N4O2S. The molecule has 0 saturated carbocycles. The van der Waals surface area contributed by atoms with Gasteiger partial charge in [-0.1, -0.05) is 23.5 Å². The van der Waals surface area contributed by atoms with Crippen LogP contribution in [0.2, 0.25) is 0 Å². The van der Waals surface area contributed by atoms with Crippen LogP contribution in [-0.4, -0.2) is 41.7 Å². The average molecular weight is 382 g/mol. The Bertz CT molecular complexity index is 884. The molecule has 0 aliphatic carbocycles. The van der Waals surface area contributed by atoms with Gasteiger partial charge in [-0.25, -0.2) is 14.8 Å². The highest BCUT2D eigenvalue weighted by atomic mass is 32.1. The Morgan fingerprint density at radius 2 is 2.07 bits per heavy atom. The highest BCUT2D eigenvalue weighted by molar-refractivity contribution is 7.22. The molecule has 0 amide bonds. The largest absolute Gasteiger partial charge is 0.462 e. The van der Waals surface area contributed by atoms with E-state index in [0.717, 1.165) is 42.4 Å². The molecule has 6 nitrogen and oxygen atoms in total. The molecular weight excluding hydrogens is 360 g/mol. The molecule has 1 aliphatic rings. The quantitative estimate of drug-likeness (QED) is 0.674. The molecule has 4 rings (SSSR count). The maximum absolute atomic E-state index is 11.7. The van der Waals surface area contributed by atoms with Gasteiger partial charge in [-0.2, -0.15) is 0 Å². The number of fused-ring (bicyclic) bond motifs is 1. The van der Waals surface area contributed by atoms with Gasteiger partial charge in [0.25, 0.3) is 0 Å². The van der Waals surface area contributed by atoms with Crippen molar-refractivity contribution in [2.24, 2.45) is 0 Å². The first-order valence-corrected chi connectivity index (χ1v) is 10.0. The third-order valence-corrected chi connectivity index (χ3v) is 5.77. The minimum absolute atomic E-state index is 0.333. The lowest BCUT2D eigenvalue weighted by molar-refractivity contribution is 0.0526. The molecule has 0 unspecified atom stereocenters. The van der Waals surface area contributed by atoms with Crippen molar-refractivity contribution in [1.29, 1.82) is 0 Å². The van der Waals surface area contributed by atoms with Gasteiger partial charge in [-0.3, -0.25) is 0 Å². The van der Waals surface area contributed by atoms with E-state index < -0.39 is 0 Å². The number of para-hydroxylation sites is 1. The lowest BCUT2D eigenvalue weighted by Crippen LogP contribution is -2.39. The SMILES string of the molecule is CCOC(=O)c1ccc(NC2CCN(c3nc4ccccc4s3)CC2)nc1. The Hall–Kier alpha value is -2.67. The molecule has 1 saturated heterocycles. The average Bonchev–Trinajstić information content (AvgIpc) is 3.13. The van der Waals surface area contributed by atoms with E-state index in [1.54, 1.807) is 30.5 Å². The molecule has 0 atom stereocenters. The zero-order valence-electron chi connectivity index (χ0n) is 15.2. The van der Waals surface area contributed by atoms with Gasteiger partial charge in [0.2, 0.25) is 0 Å². The third-order valence-electron chi connectivity index (χ3n) is 4.67. The van der Waals surface area contributed by atoms with Crippen LogP contribution in [0.5, 0.6) is 0 Å². The summed E-state index contributed by atoms with van der Waals surface area (Å²) in [5.74, 6) is 0.460. The maximum Gasteiger partial charge on any atom is 0.339 e. The molecule has 1 N–H and O–H groups in total. The molecule has 140 valence electrons. The molecule has 0 bridgehead atoms. The van der Waals surface area contributed by atoms with Crippen LogP contribution in [-0.2, 0) is 4.74 Å². The number of nitrogens with one attached hydrogen (secondary N) is 1. The number of esters is 1. The van der Waals surface area contributed by atoms with Crippen molar-refractivity contribution in [2.45, 2.75) is 25.8 Å². The Labute approximate surface area is 162 Å². The summed E-state index contributed by atoms with van der Waals surface area (Å²) >= 11 is 1.76. The van der Waals surface area contributed by atoms with Crippen LogP contribution in [0.3, 0.4) is 0 Å². The lowest BCUT2D eigenvalue weighted by Gasteiger charge is -2.32. The number of nitrogens with zero attached hydrogens (tertiary/aromatic N) is 3. The molecule has 3 aromatic rings. The van der Waals surface area contributed by atoms with Crippen molar-refractivity contribution in [1.82, 2.24) is 9.97 Å². The van der Waals surface area contributed by atoms with Gasteiger partial charge in [-0.15, -0.1) is 0 Å². The van der Waals surface area contributed by atoms with Gasteiger partial charge in [0, 0.05) is 25.3 Å². The Kier molecular flexibility index (Phi) is 5.20.